The number of H-pyrrole nitrogens is 1. The Morgan fingerprint density at radius 3 is 2.58 bits per heavy atom. The Hall–Kier alpha value is -4.07. The van der Waals surface area contributed by atoms with Crippen molar-refractivity contribution in [2.45, 2.75) is 58.9 Å². The van der Waals surface area contributed by atoms with E-state index >= 15 is 0 Å². The van der Waals surface area contributed by atoms with Gasteiger partial charge in [0, 0.05) is 41.9 Å². The summed E-state index contributed by atoms with van der Waals surface area (Å²) >= 11 is 0. The van der Waals surface area contributed by atoms with Gasteiger partial charge in [-0.3, -0.25) is 4.79 Å². The van der Waals surface area contributed by atoms with Gasteiger partial charge < -0.3 is 10.2 Å². The molecule has 1 saturated carbocycles. The summed E-state index contributed by atoms with van der Waals surface area (Å²) in [5.74, 6) is 1.57. The second-order valence-corrected chi connectivity index (χ2v) is 10.1. The SMILES string of the molecule is CCCN(Cc1ccccc1)c1cc(NC(=O)C2CCCCC2)cc(-c2cc(C)ccc2-c2nnn[nH]2)n1. The Morgan fingerprint density at radius 2 is 1.84 bits per heavy atom. The average molecular weight is 510 g/mol. The number of tetrazole rings is 1. The van der Waals surface area contributed by atoms with E-state index in [0.29, 0.717) is 5.82 Å². The summed E-state index contributed by atoms with van der Waals surface area (Å²) in [7, 11) is 0. The second kappa shape index (κ2) is 12.0. The van der Waals surface area contributed by atoms with E-state index in [1.165, 1.54) is 12.0 Å². The van der Waals surface area contributed by atoms with E-state index in [4.69, 9.17) is 4.98 Å². The number of hydrogen-bond donors (Lipinski definition) is 2. The van der Waals surface area contributed by atoms with E-state index in [0.717, 1.165) is 79.1 Å². The largest absolute Gasteiger partial charge is 0.352 e. The van der Waals surface area contributed by atoms with E-state index in [1.54, 1.807) is 0 Å². The maximum absolute atomic E-state index is 13.2. The number of nitrogens with zero attached hydrogens (tertiary/aromatic N) is 5. The van der Waals surface area contributed by atoms with Crippen LogP contribution in [0.3, 0.4) is 0 Å². The van der Waals surface area contributed by atoms with Crippen molar-refractivity contribution in [2.24, 2.45) is 5.92 Å². The quantitative estimate of drug-likeness (QED) is 0.280. The summed E-state index contributed by atoms with van der Waals surface area (Å²) in [5.41, 5.74) is 5.62. The smallest absolute Gasteiger partial charge is 0.227 e. The lowest BCUT2D eigenvalue weighted by Crippen LogP contribution is -2.26. The standard InChI is InChI=1S/C30H35N7O/c1-3-16-37(20-22-10-6-4-7-11-22)28-19-24(31-30(38)23-12-8-5-9-13-23)18-27(32-28)26-17-21(2)14-15-25(26)29-33-35-36-34-29/h4,6-7,10-11,14-15,17-19,23H,3,5,8-9,12-13,16,20H2,1-2H3,(H,31,32,38)(H,33,34,35,36). The Morgan fingerprint density at radius 1 is 1.03 bits per heavy atom. The Balaban J connectivity index is 1.58. The first-order chi connectivity index (χ1) is 18.6. The third-order valence-electron chi connectivity index (χ3n) is 7.14. The second-order valence-electron chi connectivity index (χ2n) is 10.1. The molecule has 8 nitrogen and oxygen atoms in total. The molecule has 0 unspecified atom stereocenters. The van der Waals surface area contributed by atoms with Crippen LogP contribution in [0, 0.1) is 12.8 Å². The monoisotopic (exact) mass is 509 g/mol. The van der Waals surface area contributed by atoms with Gasteiger partial charge in [-0.25, -0.2) is 10.1 Å². The van der Waals surface area contributed by atoms with Crippen LogP contribution in [-0.4, -0.2) is 38.1 Å². The molecule has 196 valence electrons. The average Bonchev–Trinajstić information content (AvgIpc) is 3.48. The highest BCUT2D eigenvalue weighted by atomic mass is 16.1. The first kappa shape index (κ1) is 25.6. The van der Waals surface area contributed by atoms with Crippen LogP contribution < -0.4 is 10.2 Å². The number of amides is 1. The van der Waals surface area contributed by atoms with E-state index in [-0.39, 0.29) is 11.8 Å². The minimum Gasteiger partial charge on any atom is -0.352 e. The highest BCUT2D eigenvalue weighted by Gasteiger charge is 2.23. The van der Waals surface area contributed by atoms with Gasteiger partial charge in [-0.05, 0) is 54.3 Å². The third-order valence-corrected chi connectivity index (χ3v) is 7.14. The van der Waals surface area contributed by atoms with Gasteiger partial charge in [0.15, 0.2) is 5.82 Å². The number of carbonyl (C=O) groups is 1. The number of pyridine rings is 1. The molecule has 1 aliphatic carbocycles. The molecule has 4 aromatic rings. The van der Waals surface area contributed by atoms with Crippen molar-refractivity contribution in [2.75, 3.05) is 16.8 Å². The molecule has 0 spiro atoms. The number of benzene rings is 2. The maximum atomic E-state index is 13.2. The molecule has 5 rings (SSSR count). The summed E-state index contributed by atoms with van der Waals surface area (Å²) < 4.78 is 0. The third kappa shape index (κ3) is 6.07. The molecule has 0 aliphatic heterocycles. The summed E-state index contributed by atoms with van der Waals surface area (Å²) in [6.07, 6.45) is 6.32. The van der Waals surface area contributed by atoms with Crippen LogP contribution in [0.5, 0.6) is 0 Å². The molecule has 2 heterocycles. The lowest BCUT2D eigenvalue weighted by atomic mass is 9.88. The van der Waals surface area contributed by atoms with Crippen LogP contribution >= 0.6 is 0 Å². The van der Waals surface area contributed by atoms with Crippen molar-refractivity contribution in [1.82, 2.24) is 25.6 Å². The zero-order valence-corrected chi connectivity index (χ0v) is 22.2. The first-order valence-electron chi connectivity index (χ1n) is 13.6. The number of carbonyl (C=O) groups excluding carboxylic acids is 1. The number of nitrogens with one attached hydrogen (secondary N) is 2. The van der Waals surface area contributed by atoms with Crippen molar-refractivity contribution < 1.29 is 4.79 Å². The summed E-state index contributed by atoms with van der Waals surface area (Å²) in [6, 6.07) is 20.5. The van der Waals surface area contributed by atoms with Crippen LogP contribution in [0.15, 0.2) is 60.7 Å². The van der Waals surface area contributed by atoms with Gasteiger partial charge in [0.1, 0.15) is 5.82 Å². The summed E-state index contributed by atoms with van der Waals surface area (Å²) in [6.45, 7) is 5.80. The van der Waals surface area contributed by atoms with Crippen LogP contribution in [-0.2, 0) is 11.3 Å². The predicted octanol–water partition coefficient (Wildman–Crippen LogP) is 6.17. The molecule has 1 amide bonds. The van der Waals surface area contributed by atoms with Crippen molar-refractivity contribution in [3.63, 3.8) is 0 Å². The van der Waals surface area contributed by atoms with Gasteiger partial charge in [-0.1, -0.05) is 74.2 Å². The van der Waals surface area contributed by atoms with Crippen LogP contribution in [0.1, 0.15) is 56.6 Å². The summed E-state index contributed by atoms with van der Waals surface area (Å²) in [5, 5.41) is 17.8. The van der Waals surface area contributed by atoms with Crippen molar-refractivity contribution in [1.29, 1.82) is 0 Å². The Bertz CT molecular complexity index is 1350. The lowest BCUT2D eigenvalue weighted by molar-refractivity contribution is -0.120. The fourth-order valence-electron chi connectivity index (χ4n) is 5.20. The lowest BCUT2D eigenvalue weighted by Gasteiger charge is -2.26. The molecule has 0 atom stereocenters. The van der Waals surface area contributed by atoms with E-state index in [1.807, 2.05) is 30.3 Å². The van der Waals surface area contributed by atoms with Gasteiger partial charge in [0.2, 0.25) is 5.91 Å². The number of rotatable bonds is 9. The molecule has 38 heavy (non-hydrogen) atoms. The zero-order chi connectivity index (χ0) is 26.3. The molecule has 2 N–H and O–H groups in total. The minimum atomic E-state index is 0.0645. The molecule has 8 heteroatoms. The fourth-order valence-corrected chi connectivity index (χ4v) is 5.20. The molecule has 0 bridgehead atoms. The number of hydrogen-bond acceptors (Lipinski definition) is 6. The minimum absolute atomic E-state index is 0.0645. The zero-order valence-electron chi connectivity index (χ0n) is 22.2. The van der Waals surface area contributed by atoms with Gasteiger partial charge in [-0.15, -0.1) is 5.10 Å². The topological polar surface area (TPSA) is 99.7 Å². The number of aromatic nitrogens is 5. The highest BCUT2D eigenvalue weighted by molar-refractivity contribution is 5.94. The maximum Gasteiger partial charge on any atom is 0.227 e. The molecular weight excluding hydrogens is 474 g/mol. The first-order valence-corrected chi connectivity index (χ1v) is 13.6. The molecule has 0 radical (unpaired) electrons. The van der Waals surface area contributed by atoms with E-state index < -0.39 is 0 Å². The van der Waals surface area contributed by atoms with Gasteiger partial charge >= 0.3 is 0 Å². The fraction of sp³-hybridized carbons (Fsp3) is 0.367. The Labute approximate surface area is 223 Å². The van der Waals surface area contributed by atoms with Crippen molar-refractivity contribution in [3.8, 4) is 22.6 Å². The van der Waals surface area contributed by atoms with Gasteiger partial charge in [-0.2, -0.15) is 0 Å². The molecule has 2 aromatic heterocycles. The highest BCUT2D eigenvalue weighted by Crippen LogP contribution is 2.34. The number of aromatic amines is 1. The predicted molar refractivity (Wildman–Crippen MR) is 151 cm³/mol. The normalized spacial score (nSPS) is 13.8. The van der Waals surface area contributed by atoms with Crippen LogP contribution in [0.25, 0.3) is 22.6 Å². The van der Waals surface area contributed by atoms with Crippen LogP contribution in [0.2, 0.25) is 0 Å². The van der Waals surface area contributed by atoms with Crippen molar-refractivity contribution in [3.05, 3.63) is 71.8 Å². The number of aryl methyl sites for hydroxylation is 1. The molecule has 1 fully saturated rings. The van der Waals surface area contributed by atoms with Gasteiger partial charge in [0.05, 0.1) is 5.69 Å². The van der Waals surface area contributed by atoms with Gasteiger partial charge in [0.25, 0.3) is 0 Å². The van der Waals surface area contributed by atoms with E-state index in [9.17, 15) is 4.79 Å². The van der Waals surface area contributed by atoms with Crippen molar-refractivity contribution >= 4 is 17.4 Å². The molecule has 1 aliphatic rings. The molecule has 0 saturated heterocycles. The van der Waals surface area contributed by atoms with E-state index in [2.05, 4.69) is 75.0 Å². The molecule has 2 aromatic carbocycles. The number of anilines is 2. The summed E-state index contributed by atoms with van der Waals surface area (Å²) in [4.78, 5) is 20.7. The Kier molecular flexibility index (Phi) is 8.06. The molecular formula is C30H35N7O. The van der Waals surface area contributed by atoms with Crippen LogP contribution in [0.4, 0.5) is 11.5 Å².